The second-order valence-corrected chi connectivity index (χ2v) is 6.04. The molecule has 0 aliphatic carbocycles. The lowest BCUT2D eigenvalue weighted by Gasteiger charge is -2.08. The zero-order chi connectivity index (χ0) is 19.0. The topological polar surface area (TPSA) is 107 Å². The molecule has 4 aromatic rings. The van der Waals surface area contributed by atoms with Gasteiger partial charge in [-0.05, 0) is 23.8 Å². The van der Waals surface area contributed by atoms with Gasteiger partial charge in [-0.25, -0.2) is 4.98 Å². The summed E-state index contributed by atoms with van der Waals surface area (Å²) in [5, 5.41) is 7.13. The van der Waals surface area contributed by atoms with E-state index >= 15 is 0 Å². The molecule has 4 rings (SSSR count). The normalized spacial score (nSPS) is 10.9. The fourth-order valence-corrected chi connectivity index (χ4v) is 2.94. The Hall–Kier alpha value is -3.94. The Labute approximate surface area is 154 Å². The number of aryl methyl sites for hydroxylation is 1. The van der Waals surface area contributed by atoms with E-state index < -0.39 is 5.91 Å². The summed E-state index contributed by atoms with van der Waals surface area (Å²) in [6.45, 7) is 0. The van der Waals surface area contributed by atoms with E-state index in [1.807, 2.05) is 0 Å². The Kier molecular flexibility index (Phi) is 3.92. The van der Waals surface area contributed by atoms with Crippen LogP contribution in [0.1, 0.15) is 20.7 Å². The molecule has 2 amide bonds. The lowest BCUT2D eigenvalue weighted by Crippen LogP contribution is -2.15. The van der Waals surface area contributed by atoms with Crippen molar-refractivity contribution in [1.82, 2.24) is 19.2 Å². The molecule has 0 spiro atoms. The number of anilines is 1. The van der Waals surface area contributed by atoms with Gasteiger partial charge in [0.15, 0.2) is 5.82 Å². The van der Waals surface area contributed by atoms with Crippen LogP contribution in [0.2, 0.25) is 0 Å². The number of imidazole rings is 1. The number of hydrogen-bond donors (Lipinski definition) is 2. The van der Waals surface area contributed by atoms with Gasteiger partial charge >= 0.3 is 0 Å². The van der Waals surface area contributed by atoms with Crippen LogP contribution in [0.4, 0.5) is 5.82 Å². The largest absolute Gasteiger partial charge is 0.366 e. The van der Waals surface area contributed by atoms with Crippen LogP contribution in [0.15, 0.2) is 61.2 Å². The highest BCUT2D eigenvalue weighted by Gasteiger charge is 2.18. The van der Waals surface area contributed by atoms with Crippen molar-refractivity contribution >= 4 is 23.3 Å². The first-order valence-corrected chi connectivity index (χ1v) is 8.20. The first-order valence-electron chi connectivity index (χ1n) is 8.20. The average molecular weight is 360 g/mol. The van der Waals surface area contributed by atoms with Gasteiger partial charge in [0.1, 0.15) is 5.65 Å². The second-order valence-electron chi connectivity index (χ2n) is 6.04. The van der Waals surface area contributed by atoms with Crippen molar-refractivity contribution in [3.63, 3.8) is 0 Å². The van der Waals surface area contributed by atoms with Gasteiger partial charge in [0.2, 0.25) is 5.91 Å². The highest BCUT2D eigenvalue weighted by atomic mass is 16.2. The number of rotatable bonds is 4. The quantitative estimate of drug-likeness (QED) is 0.581. The number of benzene rings is 1. The van der Waals surface area contributed by atoms with E-state index in [4.69, 9.17) is 5.73 Å². The molecule has 8 heteroatoms. The first-order chi connectivity index (χ1) is 13.0. The lowest BCUT2D eigenvalue weighted by atomic mass is 10.0. The molecule has 1 aromatic carbocycles. The van der Waals surface area contributed by atoms with Crippen molar-refractivity contribution in [3.05, 3.63) is 72.3 Å². The Morgan fingerprint density at radius 2 is 1.89 bits per heavy atom. The zero-order valence-electron chi connectivity index (χ0n) is 14.5. The maximum Gasteiger partial charge on any atom is 0.258 e. The monoisotopic (exact) mass is 360 g/mol. The maximum absolute atomic E-state index is 12.7. The average Bonchev–Trinajstić information content (AvgIpc) is 3.27. The number of hydrogen-bond acceptors (Lipinski definition) is 4. The Morgan fingerprint density at radius 1 is 1.07 bits per heavy atom. The van der Waals surface area contributed by atoms with E-state index in [1.54, 1.807) is 77.3 Å². The number of primary amides is 1. The van der Waals surface area contributed by atoms with Gasteiger partial charge < -0.3 is 15.5 Å². The number of aromatic nitrogens is 4. The lowest BCUT2D eigenvalue weighted by molar-refractivity contribution is 0.0998. The summed E-state index contributed by atoms with van der Waals surface area (Å²) in [6.07, 6.45) is 6.85. The molecular formula is C19H16N6O2. The molecule has 0 fully saturated rings. The van der Waals surface area contributed by atoms with E-state index in [9.17, 15) is 9.59 Å². The second kappa shape index (κ2) is 6.41. The van der Waals surface area contributed by atoms with Gasteiger partial charge in [-0.2, -0.15) is 5.10 Å². The zero-order valence-corrected chi connectivity index (χ0v) is 14.5. The number of nitrogens with two attached hydrogens (primary N) is 1. The van der Waals surface area contributed by atoms with E-state index in [0.717, 1.165) is 5.65 Å². The fourth-order valence-electron chi connectivity index (χ4n) is 2.94. The Bertz CT molecular complexity index is 1170. The molecule has 0 aliphatic heterocycles. The Balaban J connectivity index is 1.71. The number of carbonyl (C=O) groups is 2. The molecule has 0 unspecified atom stereocenters. The molecule has 27 heavy (non-hydrogen) atoms. The van der Waals surface area contributed by atoms with Crippen molar-refractivity contribution in [1.29, 1.82) is 0 Å². The summed E-state index contributed by atoms with van der Waals surface area (Å²) in [4.78, 5) is 28.6. The van der Waals surface area contributed by atoms with E-state index in [1.165, 1.54) is 0 Å². The van der Waals surface area contributed by atoms with Crippen LogP contribution in [-0.4, -0.2) is 31.0 Å². The maximum atomic E-state index is 12.7. The molecule has 3 N–H and O–H groups in total. The van der Waals surface area contributed by atoms with Gasteiger partial charge in [0.05, 0.1) is 5.56 Å². The van der Waals surface area contributed by atoms with Crippen LogP contribution in [0.3, 0.4) is 0 Å². The number of pyridine rings is 1. The first kappa shape index (κ1) is 16.5. The van der Waals surface area contributed by atoms with Crippen molar-refractivity contribution in [2.75, 3.05) is 5.32 Å². The van der Waals surface area contributed by atoms with Crippen LogP contribution in [0, 0.1) is 0 Å². The fraction of sp³-hybridized carbons (Fsp3) is 0.0526. The van der Waals surface area contributed by atoms with Gasteiger partial charge in [-0.3, -0.25) is 14.3 Å². The highest BCUT2D eigenvalue weighted by molar-refractivity contribution is 6.07. The van der Waals surface area contributed by atoms with Crippen LogP contribution in [0.5, 0.6) is 0 Å². The van der Waals surface area contributed by atoms with Crippen LogP contribution in [-0.2, 0) is 7.05 Å². The molecule has 0 saturated heterocycles. The van der Waals surface area contributed by atoms with Crippen molar-refractivity contribution in [2.45, 2.75) is 0 Å². The molecule has 8 nitrogen and oxygen atoms in total. The molecular weight excluding hydrogens is 344 g/mol. The standard InChI is InChI=1S/C19H16N6O2/c1-24-11-15(13-4-2-3-5-14(13)17(20)26)18(23-24)22-19(27)12-6-7-16-21-8-9-25(16)10-12/h2-11H,1H3,(H2,20,26)(H,22,23,27). The summed E-state index contributed by atoms with van der Waals surface area (Å²) < 4.78 is 3.33. The number of fused-ring (bicyclic) bond motifs is 1. The molecule has 0 bridgehead atoms. The summed E-state index contributed by atoms with van der Waals surface area (Å²) >= 11 is 0. The van der Waals surface area contributed by atoms with Crippen LogP contribution < -0.4 is 11.1 Å². The van der Waals surface area contributed by atoms with Crippen molar-refractivity contribution < 1.29 is 9.59 Å². The smallest absolute Gasteiger partial charge is 0.258 e. The third-order valence-corrected chi connectivity index (χ3v) is 4.19. The molecule has 3 aromatic heterocycles. The van der Waals surface area contributed by atoms with Crippen molar-refractivity contribution in [3.8, 4) is 11.1 Å². The number of amides is 2. The Morgan fingerprint density at radius 3 is 2.70 bits per heavy atom. The van der Waals surface area contributed by atoms with Crippen LogP contribution >= 0.6 is 0 Å². The third-order valence-electron chi connectivity index (χ3n) is 4.19. The predicted octanol–water partition coefficient (Wildman–Crippen LogP) is 2.09. The summed E-state index contributed by atoms with van der Waals surface area (Å²) in [6, 6.07) is 10.4. The summed E-state index contributed by atoms with van der Waals surface area (Å²) in [7, 11) is 1.74. The number of carbonyl (C=O) groups excluding carboxylic acids is 2. The summed E-state index contributed by atoms with van der Waals surface area (Å²) in [5.41, 5.74) is 8.28. The molecule has 134 valence electrons. The van der Waals surface area contributed by atoms with Crippen LogP contribution in [0.25, 0.3) is 16.8 Å². The third kappa shape index (κ3) is 3.04. The molecule has 0 saturated carbocycles. The van der Waals surface area contributed by atoms with Gasteiger partial charge in [-0.1, -0.05) is 18.2 Å². The van der Waals surface area contributed by atoms with Gasteiger partial charge in [0.25, 0.3) is 5.91 Å². The minimum absolute atomic E-state index is 0.317. The molecule has 0 aliphatic rings. The van der Waals surface area contributed by atoms with E-state index in [2.05, 4.69) is 15.4 Å². The highest BCUT2D eigenvalue weighted by Crippen LogP contribution is 2.30. The van der Waals surface area contributed by atoms with Gasteiger partial charge in [-0.15, -0.1) is 0 Å². The molecule has 0 radical (unpaired) electrons. The predicted molar refractivity (Wildman–Crippen MR) is 100 cm³/mol. The van der Waals surface area contributed by atoms with Crippen molar-refractivity contribution in [2.24, 2.45) is 12.8 Å². The number of nitrogens with zero attached hydrogens (tertiary/aromatic N) is 4. The molecule has 0 atom stereocenters. The number of nitrogens with one attached hydrogen (secondary N) is 1. The van der Waals surface area contributed by atoms with Gasteiger partial charge in [0, 0.05) is 43.0 Å². The molecule has 3 heterocycles. The van der Waals surface area contributed by atoms with E-state index in [-0.39, 0.29) is 5.91 Å². The SMILES string of the molecule is Cn1cc(-c2ccccc2C(N)=O)c(NC(=O)c2ccc3nccn3c2)n1. The summed E-state index contributed by atoms with van der Waals surface area (Å²) in [5.74, 6) is -0.513. The minimum Gasteiger partial charge on any atom is -0.366 e. The van der Waals surface area contributed by atoms with E-state index in [0.29, 0.717) is 28.1 Å². The minimum atomic E-state index is -0.544.